The van der Waals surface area contributed by atoms with Gasteiger partial charge in [-0.25, -0.2) is 4.57 Å². The number of nitrogens with zero attached hydrogens (tertiary/aromatic N) is 1. The molecule has 2 N–H and O–H groups in total. The average Bonchev–Trinajstić information content (AvgIpc) is 2.61. The highest BCUT2D eigenvalue weighted by molar-refractivity contribution is 7.46. The smallest absolute Gasteiger partial charge is 0.331 e. The van der Waals surface area contributed by atoms with Gasteiger partial charge in [0.25, 0.3) is 0 Å². The van der Waals surface area contributed by atoms with E-state index in [-0.39, 0.29) is 6.61 Å². The summed E-state index contributed by atoms with van der Waals surface area (Å²) in [6.45, 7) is 5.98. The van der Waals surface area contributed by atoms with E-state index in [0.29, 0.717) is 0 Å². The summed E-state index contributed by atoms with van der Waals surface area (Å²) in [5.41, 5.74) is 0. The minimum Gasteiger partial charge on any atom is -0.331 e. The molecule has 0 radical (unpaired) electrons. The lowest BCUT2D eigenvalue weighted by Crippen LogP contribution is -2.35. The van der Waals surface area contributed by atoms with E-state index in [0.717, 1.165) is 23.7 Å². The number of quaternary nitrogens is 1. The lowest BCUT2D eigenvalue weighted by atomic mass is 10.1. The third-order valence-electron chi connectivity index (χ3n) is 4.94. The van der Waals surface area contributed by atoms with Crippen LogP contribution in [0.25, 0.3) is 0 Å². The van der Waals surface area contributed by atoms with Crippen molar-refractivity contribution in [3.63, 3.8) is 0 Å². The summed E-state index contributed by atoms with van der Waals surface area (Å²) in [4.78, 5) is 16.9. The van der Waals surface area contributed by atoms with Crippen molar-refractivity contribution in [2.24, 2.45) is 0 Å². The number of unbranched alkanes of at least 4 members (excludes halogenated alkanes) is 14. The molecule has 0 spiro atoms. The minimum atomic E-state index is -4.24. The molecule has 0 saturated carbocycles. The van der Waals surface area contributed by atoms with E-state index in [2.05, 4.69) is 39.5 Å². The molecule has 29 heavy (non-hydrogen) atoms. The van der Waals surface area contributed by atoms with Gasteiger partial charge in [-0.05, 0) is 19.3 Å². The second-order valence-electron chi connectivity index (χ2n) is 9.29. The molecule has 0 aromatic rings. The number of hydrogen-bond donors (Lipinski definition) is 2. The highest BCUT2D eigenvalue weighted by Gasteiger charge is 2.12. The molecular weight excluding hydrogens is 385 g/mol. The van der Waals surface area contributed by atoms with Crippen LogP contribution < -0.4 is 0 Å². The molecule has 0 bridgehead atoms. The summed E-state index contributed by atoms with van der Waals surface area (Å²) in [5.74, 6) is 0. The Morgan fingerprint density at radius 3 is 1.31 bits per heavy atom. The van der Waals surface area contributed by atoms with Crippen LogP contribution in [0, 0.1) is 0 Å². The number of rotatable bonds is 19. The Kier molecular flexibility index (Phi) is 23.0. The molecule has 0 aliphatic heterocycles. The summed E-state index contributed by atoms with van der Waals surface area (Å²) in [6, 6.07) is 0. The van der Waals surface area contributed by atoms with E-state index in [1.54, 1.807) is 0 Å². The largest absolute Gasteiger partial charge is 0.469 e. The van der Waals surface area contributed by atoms with Gasteiger partial charge >= 0.3 is 7.82 Å². The Bertz CT molecular complexity index is 366. The third kappa shape index (κ3) is 35.8. The van der Waals surface area contributed by atoms with Crippen molar-refractivity contribution in [3.8, 4) is 0 Å². The van der Waals surface area contributed by atoms with Gasteiger partial charge in [0.05, 0.1) is 34.3 Å². The molecule has 0 unspecified atom stereocenters. The Morgan fingerprint density at radius 2 is 0.966 bits per heavy atom. The van der Waals surface area contributed by atoms with Crippen LogP contribution >= 0.6 is 7.82 Å². The van der Waals surface area contributed by atoms with Crippen molar-refractivity contribution in [1.29, 1.82) is 0 Å². The molecule has 0 aliphatic carbocycles. The summed E-state index contributed by atoms with van der Waals surface area (Å²) in [7, 11) is 2.57. The van der Waals surface area contributed by atoms with Gasteiger partial charge in [0.2, 0.25) is 0 Å². The Balaban J connectivity index is 0. The second kappa shape index (κ2) is 21.3. The Labute approximate surface area is 182 Å². The van der Waals surface area contributed by atoms with Crippen LogP contribution in [0.3, 0.4) is 0 Å². The van der Waals surface area contributed by atoms with Gasteiger partial charge in [-0.1, -0.05) is 97.3 Å². The predicted octanol–water partition coefficient (Wildman–Crippen LogP) is 7.07. The highest BCUT2D eigenvalue weighted by Crippen LogP contribution is 2.35. The monoisotopic (exact) mass is 438 g/mol. The highest BCUT2D eigenvalue weighted by atomic mass is 31.2. The molecule has 0 heterocycles. The van der Waals surface area contributed by atoms with Crippen molar-refractivity contribution in [2.45, 2.75) is 117 Å². The van der Waals surface area contributed by atoms with Gasteiger partial charge in [0.15, 0.2) is 0 Å². The SMILES string of the molecule is CCCCCCCCCCCCOP(=O)(O)O.CCCCCCCC[N+](C)(C)C. The van der Waals surface area contributed by atoms with Gasteiger partial charge in [-0.3, -0.25) is 4.52 Å². The fourth-order valence-electron chi connectivity index (χ4n) is 3.14. The zero-order valence-corrected chi connectivity index (χ0v) is 21.2. The number of hydrogen-bond acceptors (Lipinski definition) is 2. The molecular formula is C23H53NO4P+. The average molecular weight is 439 g/mol. The fourth-order valence-corrected chi connectivity index (χ4v) is 3.51. The standard InChI is InChI=1S/C12H27O4P.C11H26N/c1-2-3-4-5-6-7-8-9-10-11-12-16-17(13,14)15;1-5-6-7-8-9-10-11-12(2,3)4/h2-12H2,1H3,(H2,13,14,15);5-11H2,1-4H3/q;+1. The second-order valence-corrected chi connectivity index (χ2v) is 10.5. The van der Waals surface area contributed by atoms with E-state index in [9.17, 15) is 4.57 Å². The van der Waals surface area contributed by atoms with Crippen molar-refractivity contribution < 1.29 is 23.4 Å². The predicted molar refractivity (Wildman–Crippen MR) is 126 cm³/mol. The molecule has 178 valence electrons. The molecule has 5 nitrogen and oxygen atoms in total. The van der Waals surface area contributed by atoms with Crippen LogP contribution in [-0.4, -0.2) is 48.6 Å². The zero-order valence-electron chi connectivity index (χ0n) is 20.3. The maximum atomic E-state index is 10.4. The van der Waals surface area contributed by atoms with Crippen LogP contribution in [0.4, 0.5) is 0 Å². The first kappa shape index (κ1) is 31.3. The first-order valence-corrected chi connectivity index (χ1v) is 13.7. The van der Waals surface area contributed by atoms with Gasteiger partial charge in [-0.15, -0.1) is 0 Å². The van der Waals surface area contributed by atoms with Crippen LogP contribution in [0.15, 0.2) is 0 Å². The Morgan fingerprint density at radius 1 is 0.621 bits per heavy atom. The van der Waals surface area contributed by atoms with E-state index in [1.165, 1.54) is 90.0 Å². The number of phosphoric ester groups is 1. The van der Waals surface area contributed by atoms with Crippen molar-refractivity contribution in [3.05, 3.63) is 0 Å². The minimum absolute atomic E-state index is 0.167. The molecule has 0 aliphatic rings. The van der Waals surface area contributed by atoms with E-state index >= 15 is 0 Å². The fraction of sp³-hybridized carbons (Fsp3) is 1.00. The summed E-state index contributed by atoms with van der Waals surface area (Å²) >= 11 is 0. The van der Waals surface area contributed by atoms with Crippen molar-refractivity contribution >= 4 is 7.82 Å². The molecule has 0 aromatic heterocycles. The number of phosphoric acid groups is 1. The van der Waals surface area contributed by atoms with Crippen LogP contribution in [0.5, 0.6) is 0 Å². The topological polar surface area (TPSA) is 66.8 Å². The molecule has 0 rings (SSSR count). The quantitative estimate of drug-likeness (QED) is 0.129. The van der Waals surface area contributed by atoms with Crippen LogP contribution in [0.2, 0.25) is 0 Å². The lowest BCUT2D eigenvalue weighted by molar-refractivity contribution is -0.870. The summed E-state index contributed by atoms with van der Waals surface area (Å²) in [6.07, 6.45) is 20.5. The van der Waals surface area contributed by atoms with E-state index in [4.69, 9.17) is 9.79 Å². The normalized spacial score (nSPS) is 12.0. The summed E-state index contributed by atoms with van der Waals surface area (Å²) in [5, 5.41) is 0. The van der Waals surface area contributed by atoms with E-state index < -0.39 is 7.82 Å². The molecule has 0 amide bonds. The lowest BCUT2D eigenvalue weighted by Gasteiger charge is -2.23. The van der Waals surface area contributed by atoms with E-state index in [1.807, 2.05) is 0 Å². The molecule has 0 aromatic carbocycles. The molecule has 0 fully saturated rings. The van der Waals surface area contributed by atoms with Gasteiger partial charge in [0, 0.05) is 0 Å². The van der Waals surface area contributed by atoms with Gasteiger partial charge in [-0.2, -0.15) is 0 Å². The maximum Gasteiger partial charge on any atom is 0.469 e. The van der Waals surface area contributed by atoms with Crippen LogP contribution in [0.1, 0.15) is 117 Å². The van der Waals surface area contributed by atoms with Crippen LogP contribution in [-0.2, 0) is 9.09 Å². The van der Waals surface area contributed by atoms with Crippen molar-refractivity contribution in [1.82, 2.24) is 0 Å². The summed E-state index contributed by atoms with van der Waals surface area (Å²) < 4.78 is 15.9. The third-order valence-corrected chi connectivity index (χ3v) is 5.46. The van der Waals surface area contributed by atoms with Crippen molar-refractivity contribution in [2.75, 3.05) is 34.3 Å². The first-order chi connectivity index (χ1) is 13.6. The molecule has 0 atom stereocenters. The molecule has 6 heteroatoms. The Hall–Kier alpha value is 0.0700. The van der Waals surface area contributed by atoms with Gasteiger partial charge in [0.1, 0.15) is 0 Å². The molecule has 0 saturated heterocycles. The zero-order chi connectivity index (χ0) is 22.4. The van der Waals surface area contributed by atoms with Gasteiger partial charge < -0.3 is 14.3 Å². The maximum absolute atomic E-state index is 10.4. The first-order valence-electron chi connectivity index (χ1n) is 12.1.